The van der Waals surface area contributed by atoms with Crippen molar-refractivity contribution in [1.82, 2.24) is 0 Å². The fourth-order valence-electron chi connectivity index (χ4n) is 2.31. The van der Waals surface area contributed by atoms with Gasteiger partial charge in [-0.25, -0.2) is 0 Å². The van der Waals surface area contributed by atoms with E-state index in [1.807, 2.05) is 38.1 Å². The summed E-state index contributed by atoms with van der Waals surface area (Å²) in [5.41, 5.74) is 1.89. The maximum atomic E-state index is 11.2. The van der Waals surface area contributed by atoms with Crippen LogP contribution >= 0.6 is 0 Å². The largest absolute Gasteiger partial charge is 0.481 e. The molecule has 1 aromatic carbocycles. The van der Waals surface area contributed by atoms with Gasteiger partial charge in [0.15, 0.2) is 0 Å². The average Bonchev–Trinajstić information content (AvgIpc) is 2.27. The molecule has 3 nitrogen and oxygen atoms in total. The van der Waals surface area contributed by atoms with E-state index in [-0.39, 0.29) is 5.92 Å². The van der Waals surface area contributed by atoms with Gasteiger partial charge in [0.2, 0.25) is 0 Å². The minimum Gasteiger partial charge on any atom is -0.481 e. The zero-order chi connectivity index (χ0) is 14.6. The highest BCUT2D eigenvalue weighted by Crippen LogP contribution is 2.28. The summed E-state index contributed by atoms with van der Waals surface area (Å²) in [4.78, 5) is 11.2. The van der Waals surface area contributed by atoms with Crippen LogP contribution in [0.15, 0.2) is 24.3 Å². The van der Waals surface area contributed by atoms with E-state index in [1.54, 1.807) is 0 Å². The zero-order valence-electron chi connectivity index (χ0n) is 12.1. The van der Waals surface area contributed by atoms with Crippen LogP contribution in [0, 0.1) is 17.8 Å². The van der Waals surface area contributed by atoms with Gasteiger partial charge in [-0.1, -0.05) is 52.0 Å². The van der Waals surface area contributed by atoms with Crippen LogP contribution in [0.25, 0.3) is 0 Å². The van der Waals surface area contributed by atoms with Crippen molar-refractivity contribution >= 4 is 5.97 Å². The molecular weight excluding hydrogens is 240 g/mol. The molecule has 0 spiro atoms. The molecule has 0 saturated heterocycles. The van der Waals surface area contributed by atoms with Crippen LogP contribution in [0.3, 0.4) is 0 Å². The maximum Gasteiger partial charge on any atom is 0.309 e. The van der Waals surface area contributed by atoms with Crippen LogP contribution < -0.4 is 0 Å². The quantitative estimate of drug-likeness (QED) is 0.829. The Bertz CT molecular complexity index is 407. The van der Waals surface area contributed by atoms with Crippen molar-refractivity contribution in [3.8, 4) is 0 Å². The van der Waals surface area contributed by atoms with Crippen LogP contribution in [0.4, 0.5) is 0 Å². The fraction of sp³-hybridized carbons (Fsp3) is 0.562. The highest BCUT2D eigenvalue weighted by Gasteiger charge is 2.30. The number of rotatable bonds is 6. The summed E-state index contributed by atoms with van der Waals surface area (Å²) in [6.45, 7) is 7.94. The number of aliphatic hydroxyl groups is 1. The third-order valence-corrected chi connectivity index (χ3v) is 3.31. The summed E-state index contributed by atoms with van der Waals surface area (Å²) in [6.07, 6.45) is 0.0359. The second-order valence-electron chi connectivity index (χ2n) is 5.89. The van der Waals surface area contributed by atoms with Gasteiger partial charge in [-0.15, -0.1) is 0 Å². The molecule has 2 N–H and O–H groups in total. The van der Waals surface area contributed by atoms with Gasteiger partial charge < -0.3 is 10.2 Å². The Morgan fingerprint density at radius 3 is 2.00 bits per heavy atom. The van der Waals surface area contributed by atoms with E-state index in [2.05, 4.69) is 13.8 Å². The molecule has 0 aromatic heterocycles. The van der Waals surface area contributed by atoms with Gasteiger partial charge >= 0.3 is 5.97 Å². The van der Waals surface area contributed by atoms with Crippen molar-refractivity contribution in [3.05, 3.63) is 35.4 Å². The van der Waals surface area contributed by atoms with Crippen molar-refractivity contribution in [3.63, 3.8) is 0 Å². The van der Waals surface area contributed by atoms with Crippen molar-refractivity contribution in [1.29, 1.82) is 0 Å². The SMILES string of the molecule is CC(C)Cc1ccc(C(O)C(C(=O)O)C(C)C)cc1. The van der Waals surface area contributed by atoms with Crippen molar-refractivity contribution in [2.24, 2.45) is 17.8 Å². The summed E-state index contributed by atoms with van der Waals surface area (Å²) >= 11 is 0. The molecule has 0 amide bonds. The lowest BCUT2D eigenvalue weighted by Crippen LogP contribution is -2.26. The molecule has 2 atom stereocenters. The van der Waals surface area contributed by atoms with Crippen LogP contribution in [-0.4, -0.2) is 16.2 Å². The average molecular weight is 264 g/mol. The fourth-order valence-corrected chi connectivity index (χ4v) is 2.31. The summed E-state index contributed by atoms with van der Waals surface area (Å²) in [6, 6.07) is 7.61. The second-order valence-corrected chi connectivity index (χ2v) is 5.89. The van der Waals surface area contributed by atoms with Gasteiger partial charge in [-0.3, -0.25) is 4.79 Å². The number of hydrogen-bond acceptors (Lipinski definition) is 2. The topological polar surface area (TPSA) is 57.5 Å². The minimum atomic E-state index is -0.953. The first-order chi connectivity index (χ1) is 8.82. The number of carbonyl (C=O) groups is 1. The number of carboxylic acid groups (broad SMARTS) is 1. The molecule has 1 rings (SSSR count). The first kappa shape index (κ1) is 15.7. The molecular formula is C16H24O3. The predicted octanol–water partition coefficient (Wildman–Crippen LogP) is 3.28. The van der Waals surface area contributed by atoms with E-state index >= 15 is 0 Å². The van der Waals surface area contributed by atoms with E-state index < -0.39 is 18.0 Å². The first-order valence-electron chi connectivity index (χ1n) is 6.82. The molecule has 19 heavy (non-hydrogen) atoms. The standard InChI is InChI=1S/C16H24O3/c1-10(2)9-12-5-7-13(8-6-12)15(17)14(11(3)4)16(18)19/h5-8,10-11,14-15,17H,9H2,1-4H3,(H,18,19). The molecule has 3 heteroatoms. The third kappa shape index (κ3) is 4.35. The van der Waals surface area contributed by atoms with E-state index in [0.29, 0.717) is 11.5 Å². The molecule has 2 unspecified atom stereocenters. The summed E-state index contributed by atoms with van der Waals surface area (Å²) in [5.74, 6) is -1.24. The predicted molar refractivity (Wildman–Crippen MR) is 75.9 cm³/mol. The highest BCUT2D eigenvalue weighted by atomic mass is 16.4. The maximum absolute atomic E-state index is 11.2. The van der Waals surface area contributed by atoms with E-state index in [1.165, 1.54) is 5.56 Å². The Morgan fingerprint density at radius 1 is 1.11 bits per heavy atom. The summed E-state index contributed by atoms with van der Waals surface area (Å²) in [5, 5.41) is 19.4. The lowest BCUT2D eigenvalue weighted by molar-refractivity contribution is -0.148. The molecule has 0 saturated carbocycles. The number of benzene rings is 1. The lowest BCUT2D eigenvalue weighted by atomic mass is 9.86. The van der Waals surface area contributed by atoms with Crippen LogP contribution in [-0.2, 0) is 11.2 Å². The van der Waals surface area contributed by atoms with Crippen LogP contribution in [0.5, 0.6) is 0 Å². The van der Waals surface area contributed by atoms with Gasteiger partial charge in [0.05, 0.1) is 12.0 Å². The van der Waals surface area contributed by atoms with Gasteiger partial charge in [0.1, 0.15) is 0 Å². The normalized spacial score (nSPS) is 14.7. The number of carboxylic acids is 1. The Labute approximate surface area is 115 Å². The Hall–Kier alpha value is -1.35. The molecule has 0 fully saturated rings. The van der Waals surface area contributed by atoms with Gasteiger partial charge in [-0.2, -0.15) is 0 Å². The van der Waals surface area contributed by atoms with Gasteiger partial charge in [0, 0.05) is 0 Å². The number of aliphatic hydroxyl groups excluding tert-OH is 1. The Morgan fingerprint density at radius 2 is 1.63 bits per heavy atom. The highest BCUT2D eigenvalue weighted by molar-refractivity contribution is 5.71. The van der Waals surface area contributed by atoms with Crippen molar-refractivity contribution < 1.29 is 15.0 Å². The molecule has 0 bridgehead atoms. The number of aliphatic carboxylic acids is 1. The Kier molecular flexibility index (Phi) is 5.55. The second kappa shape index (κ2) is 6.71. The number of hydrogen-bond donors (Lipinski definition) is 2. The van der Waals surface area contributed by atoms with Crippen molar-refractivity contribution in [2.45, 2.75) is 40.2 Å². The molecule has 106 valence electrons. The van der Waals surface area contributed by atoms with Gasteiger partial charge in [0.25, 0.3) is 0 Å². The monoisotopic (exact) mass is 264 g/mol. The van der Waals surface area contributed by atoms with Crippen molar-refractivity contribution in [2.75, 3.05) is 0 Å². The smallest absolute Gasteiger partial charge is 0.309 e. The molecule has 0 aliphatic carbocycles. The van der Waals surface area contributed by atoms with E-state index in [4.69, 9.17) is 0 Å². The minimum absolute atomic E-state index is 0.108. The first-order valence-corrected chi connectivity index (χ1v) is 6.82. The van der Waals surface area contributed by atoms with Crippen LogP contribution in [0.2, 0.25) is 0 Å². The summed E-state index contributed by atoms with van der Waals surface area (Å²) in [7, 11) is 0. The van der Waals surface area contributed by atoms with E-state index in [9.17, 15) is 15.0 Å². The molecule has 0 aliphatic heterocycles. The summed E-state index contributed by atoms with van der Waals surface area (Å²) < 4.78 is 0. The molecule has 0 radical (unpaired) electrons. The molecule has 1 aromatic rings. The van der Waals surface area contributed by atoms with E-state index in [0.717, 1.165) is 6.42 Å². The lowest BCUT2D eigenvalue weighted by Gasteiger charge is -2.23. The third-order valence-electron chi connectivity index (χ3n) is 3.31. The molecule has 0 heterocycles. The van der Waals surface area contributed by atoms with Crippen LogP contribution in [0.1, 0.15) is 44.9 Å². The molecule has 0 aliphatic rings. The Balaban J connectivity index is 2.87. The zero-order valence-corrected chi connectivity index (χ0v) is 12.1. The van der Waals surface area contributed by atoms with Gasteiger partial charge in [-0.05, 0) is 29.4 Å².